The second kappa shape index (κ2) is 3.78. The molecule has 0 amide bonds. The van der Waals surface area contributed by atoms with Crippen molar-refractivity contribution in [2.24, 2.45) is 0 Å². The van der Waals surface area contributed by atoms with Gasteiger partial charge in [-0.2, -0.15) is 0 Å². The quantitative estimate of drug-likeness (QED) is 0.788. The third-order valence-electron chi connectivity index (χ3n) is 2.42. The van der Waals surface area contributed by atoms with E-state index in [-0.39, 0.29) is 11.5 Å². The summed E-state index contributed by atoms with van der Waals surface area (Å²) in [6.45, 7) is 0. The lowest BCUT2D eigenvalue weighted by molar-refractivity contribution is -0.0624. The third kappa shape index (κ3) is 1.64. The molecule has 1 unspecified atom stereocenters. The van der Waals surface area contributed by atoms with Gasteiger partial charge in [-0.25, -0.2) is 4.79 Å². The van der Waals surface area contributed by atoms with Crippen molar-refractivity contribution in [2.75, 3.05) is 0 Å². The van der Waals surface area contributed by atoms with Crippen LogP contribution in [0.5, 0.6) is 11.5 Å². The minimum Gasteiger partial charge on any atom is -0.504 e. The normalized spacial score (nSPS) is 18.1. The average molecular weight is 248 g/mol. The van der Waals surface area contributed by atoms with Crippen LogP contribution in [0.4, 0.5) is 0 Å². The minimum absolute atomic E-state index is 0.0254. The van der Waals surface area contributed by atoms with Gasteiger partial charge in [0.2, 0.25) is 0 Å². The minimum atomic E-state index is -0.795. The molecule has 0 bridgehead atoms. The molecule has 0 saturated carbocycles. The molecule has 86 valence electrons. The van der Waals surface area contributed by atoms with Gasteiger partial charge in [0, 0.05) is 10.9 Å². The fraction of sp³-hybridized carbons (Fsp3) is 0.0833. The first-order valence-electron chi connectivity index (χ1n) is 4.99. The fourth-order valence-electron chi connectivity index (χ4n) is 1.62. The highest BCUT2D eigenvalue weighted by Gasteiger charge is 2.32. The van der Waals surface area contributed by atoms with Crippen LogP contribution in [0.15, 0.2) is 35.7 Å². The van der Waals surface area contributed by atoms with Crippen LogP contribution in [0, 0.1) is 0 Å². The molecule has 3 rings (SSSR count). The average Bonchev–Trinajstić information content (AvgIpc) is 2.73. The van der Waals surface area contributed by atoms with E-state index in [0.29, 0.717) is 4.88 Å². The van der Waals surface area contributed by atoms with Gasteiger partial charge < -0.3 is 14.6 Å². The standard InChI is InChI=1S/C12H8O4S/c13-8-6-17-10-9(8)15-12(16-11(10)14)7-4-2-1-3-5-7/h1-6,12-13H. The zero-order chi connectivity index (χ0) is 11.8. The van der Waals surface area contributed by atoms with Crippen molar-refractivity contribution in [3.63, 3.8) is 0 Å². The molecule has 1 aliphatic heterocycles. The molecule has 5 heteroatoms. The molecule has 1 aromatic carbocycles. The van der Waals surface area contributed by atoms with E-state index in [1.165, 1.54) is 5.38 Å². The number of benzene rings is 1. The van der Waals surface area contributed by atoms with Crippen LogP contribution in [-0.4, -0.2) is 11.1 Å². The van der Waals surface area contributed by atoms with Gasteiger partial charge >= 0.3 is 5.97 Å². The first-order valence-corrected chi connectivity index (χ1v) is 5.86. The second-order valence-electron chi connectivity index (χ2n) is 3.54. The zero-order valence-corrected chi connectivity index (χ0v) is 9.44. The van der Waals surface area contributed by atoms with Crippen molar-refractivity contribution in [3.8, 4) is 11.5 Å². The van der Waals surface area contributed by atoms with Crippen molar-refractivity contribution in [2.45, 2.75) is 6.29 Å². The van der Waals surface area contributed by atoms with Crippen LogP contribution in [0.3, 0.4) is 0 Å². The first kappa shape index (κ1) is 10.2. The van der Waals surface area contributed by atoms with E-state index in [4.69, 9.17) is 9.47 Å². The van der Waals surface area contributed by atoms with Gasteiger partial charge in [0.1, 0.15) is 0 Å². The highest BCUT2D eigenvalue weighted by molar-refractivity contribution is 7.12. The Morgan fingerprint density at radius 1 is 1.18 bits per heavy atom. The highest BCUT2D eigenvalue weighted by Crippen LogP contribution is 2.43. The molecule has 1 atom stereocenters. The van der Waals surface area contributed by atoms with Gasteiger partial charge in [-0.3, -0.25) is 0 Å². The zero-order valence-electron chi connectivity index (χ0n) is 8.62. The Morgan fingerprint density at radius 2 is 1.94 bits per heavy atom. The summed E-state index contributed by atoms with van der Waals surface area (Å²) in [4.78, 5) is 12.0. The number of hydrogen-bond donors (Lipinski definition) is 1. The number of thiophene rings is 1. The Morgan fingerprint density at radius 3 is 2.71 bits per heavy atom. The number of rotatable bonds is 1. The molecular formula is C12H8O4S. The van der Waals surface area contributed by atoms with E-state index in [9.17, 15) is 9.90 Å². The molecule has 0 spiro atoms. The maximum atomic E-state index is 11.7. The monoisotopic (exact) mass is 248 g/mol. The molecule has 0 radical (unpaired) electrons. The van der Waals surface area contributed by atoms with E-state index in [1.807, 2.05) is 18.2 Å². The van der Waals surface area contributed by atoms with Crippen LogP contribution in [0.25, 0.3) is 0 Å². The summed E-state index contributed by atoms with van der Waals surface area (Å²) in [6.07, 6.45) is -0.795. The number of fused-ring (bicyclic) bond motifs is 1. The molecule has 1 N–H and O–H groups in total. The fourth-order valence-corrected chi connectivity index (χ4v) is 2.36. The Bertz CT molecular complexity index is 561. The number of carbonyl (C=O) groups is 1. The Kier molecular flexibility index (Phi) is 2.26. The maximum Gasteiger partial charge on any atom is 0.355 e. The van der Waals surface area contributed by atoms with Gasteiger partial charge in [0.05, 0.1) is 0 Å². The van der Waals surface area contributed by atoms with E-state index in [2.05, 4.69) is 0 Å². The number of esters is 1. The lowest BCUT2D eigenvalue weighted by Gasteiger charge is -2.23. The summed E-state index contributed by atoms with van der Waals surface area (Å²) < 4.78 is 10.6. The Balaban J connectivity index is 1.99. The summed E-state index contributed by atoms with van der Waals surface area (Å²) in [5.41, 5.74) is 0.733. The SMILES string of the molecule is O=C1OC(c2ccccc2)Oc2c(O)csc21. The number of carbonyl (C=O) groups excluding carboxylic acids is 1. The van der Waals surface area contributed by atoms with Crippen LogP contribution < -0.4 is 4.74 Å². The number of hydrogen-bond acceptors (Lipinski definition) is 5. The summed E-state index contributed by atoms with van der Waals surface area (Å²) >= 11 is 1.11. The molecule has 0 fully saturated rings. The van der Waals surface area contributed by atoms with Crippen LogP contribution >= 0.6 is 11.3 Å². The van der Waals surface area contributed by atoms with Crippen molar-refractivity contribution in [3.05, 3.63) is 46.2 Å². The molecule has 0 aliphatic carbocycles. The Labute approximate surface area is 101 Å². The molecular weight excluding hydrogens is 240 g/mol. The predicted octanol–water partition coefficient (Wildman–Crippen LogP) is 2.70. The van der Waals surface area contributed by atoms with Crippen molar-refractivity contribution >= 4 is 17.3 Å². The highest BCUT2D eigenvalue weighted by atomic mass is 32.1. The summed E-state index contributed by atoms with van der Waals surface area (Å²) in [5, 5.41) is 11.0. The topological polar surface area (TPSA) is 55.8 Å². The number of cyclic esters (lactones) is 1. The lowest BCUT2D eigenvalue weighted by atomic mass is 10.2. The van der Waals surface area contributed by atoms with Gasteiger partial charge in [0.15, 0.2) is 16.4 Å². The number of ether oxygens (including phenoxy) is 2. The lowest BCUT2D eigenvalue weighted by Crippen LogP contribution is -2.21. The van der Waals surface area contributed by atoms with E-state index in [1.54, 1.807) is 12.1 Å². The van der Waals surface area contributed by atoms with Gasteiger partial charge in [-0.1, -0.05) is 30.3 Å². The third-order valence-corrected chi connectivity index (χ3v) is 3.35. The van der Waals surface area contributed by atoms with Crippen LogP contribution in [0.1, 0.15) is 21.5 Å². The van der Waals surface area contributed by atoms with E-state index >= 15 is 0 Å². The van der Waals surface area contributed by atoms with Gasteiger partial charge in [-0.05, 0) is 0 Å². The molecule has 17 heavy (non-hydrogen) atoms. The number of aromatic hydroxyl groups is 1. The van der Waals surface area contributed by atoms with Crippen molar-refractivity contribution in [1.82, 2.24) is 0 Å². The van der Waals surface area contributed by atoms with Crippen molar-refractivity contribution < 1.29 is 19.4 Å². The molecule has 2 heterocycles. The largest absolute Gasteiger partial charge is 0.504 e. The second-order valence-corrected chi connectivity index (χ2v) is 4.42. The summed E-state index contributed by atoms with van der Waals surface area (Å²) in [7, 11) is 0. The first-order chi connectivity index (χ1) is 8.25. The van der Waals surface area contributed by atoms with Crippen LogP contribution in [0.2, 0.25) is 0 Å². The summed E-state index contributed by atoms with van der Waals surface area (Å²) in [5.74, 6) is -0.284. The molecule has 1 aliphatic rings. The van der Waals surface area contributed by atoms with E-state index < -0.39 is 12.3 Å². The molecule has 2 aromatic rings. The predicted molar refractivity (Wildman–Crippen MR) is 61.2 cm³/mol. The van der Waals surface area contributed by atoms with Gasteiger partial charge in [-0.15, -0.1) is 11.3 Å². The summed E-state index contributed by atoms with van der Waals surface area (Å²) in [6, 6.07) is 9.12. The maximum absolute atomic E-state index is 11.7. The molecule has 0 saturated heterocycles. The molecule has 1 aromatic heterocycles. The molecule has 4 nitrogen and oxygen atoms in total. The van der Waals surface area contributed by atoms with Crippen molar-refractivity contribution in [1.29, 1.82) is 0 Å². The van der Waals surface area contributed by atoms with Crippen LogP contribution in [-0.2, 0) is 4.74 Å². The van der Waals surface area contributed by atoms with Gasteiger partial charge in [0.25, 0.3) is 6.29 Å². The van der Waals surface area contributed by atoms with E-state index in [0.717, 1.165) is 16.9 Å². The Hall–Kier alpha value is -2.01. The smallest absolute Gasteiger partial charge is 0.355 e.